The first-order valence-corrected chi connectivity index (χ1v) is 5.89. The largest absolute Gasteiger partial charge is 0.395 e. The number of benzene rings is 1. The highest BCUT2D eigenvalue weighted by molar-refractivity contribution is 6.17. The molecule has 0 spiro atoms. The molecule has 2 rings (SSSR count). The Hall–Kier alpha value is -2.72. The molecule has 2 amide bonds. The lowest BCUT2D eigenvalue weighted by atomic mass is 10.1. The minimum Gasteiger partial charge on any atom is -0.395 e. The standard InChI is InChI=1S/C14H10F2N2O3/c1-2-8-5-9(15)10(16)6-11(8)17-12-7-13(20)18(3-4-19)14(12)21/h1,5-7,17,19H,3-4H2. The average molecular weight is 292 g/mol. The summed E-state index contributed by atoms with van der Waals surface area (Å²) in [6.45, 7) is -0.529. The van der Waals surface area contributed by atoms with Gasteiger partial charge in [-0.1, -0.05) is 5.92 Å². The van der Waals surface area contributed by atoms with E-state index in [4.69, 9.17) is 11.5 Å². The van der Waals surface area contributed by atoms with Crippen LogP contribution in [0.3, 0.4) is 0 Å². The molecule has 1 aromatic rings. The van der Waals surface area contributed by atoms with Gasteiger partial charge >= 0.3 is 0 Å². The van der Waals surface area contributed by atoms with Crippen LogP contribution in [0, 0.1) is 24.0 Å². The predicted octanol–water partition coefficient (Wildman–Crippen LogP) is 0.603. The summed E-state index contributed by atoms with van der Waals surface area (Å²) in [6.07, 6.45) is 6.19. The molecule has 1 heterocycles. The number of aliphatic hydroxyl groups excluding tert-OH is 1. The highest BCUT2D eigenvalue weighted by Crippen LogP contribution is 2.23. The summed E-state index contributed by atoms with van der Waals surface area (Å²) in [5.41, 5.74) is -0.124. The number of aliphatic hydroxyl groups is 1. The van der Waals surface area contributed by atoms with Crippen molar-refractivity contribution in [1.82, 2.24) is 4.90 Å². The minimum absolute atomic E-state index is 0.00496. The van der Waals surface area contributed by atoms with E-state index >= 15 is 0 Å². The maximum Gasteiger partial charge on any atom is 0.277 e. The fourth-order valence-corrected chi connectivity index (χ4v) is 1.82. The number of imide groups is 1. The van der Waals surface area contributed by atoms with Crippen LogP contribution in [0.4, 0.5) is 14.5 Å². The Morgan fingerprint density at radius 2 is 1.95 bits per heavy atom. The summed E-state index contributed by atoms with van der Waals surface area (Å²) in [5.74, 6) is -1.39. The van der Waals surface area contributed by atoms with Gasteiger partial charge in [-0.2, -0.15) is 0 Å². The minimum atomic E-state index is -1.14. The number of terminal acetylenes is 1. The molecule has 7 heteroatoms. The van der Waals surface area contributed by atoms with Gasteiger partial charge in [-0.3, -0.25) is 14.5 Å². The smallest absolute Gasteiger partial charge is 0.277 e. The first-order chi connectivity index (χ1) is 9.97. The number of halogens is 2. The summed E-state index contributed by atoms with van der Waals surface area (Å²) < 4.78 is 26.3. The lowest BCUT2D eigenvalue weighted by Crippen LogP contribution is -2.34. The molecule has 1 aliphatic rings. The molecule has 1 aliphatic heterocycles. The van der Waals surface area contributed by atoms with Gasteiger partial charge in [-0.05, 0) is 6.07 Å². The first kappa shape index (κ1) is 14.7. The molecular formula is C14H10F2N2O3. The Labute approximate surface area is 118 Å². The van der Waals surface area contributed by atoms with Crippen molar-refractivity contribution in [2.24, 2.45) is 0 Å². The first-order valence-electron chi connectivity index (χ1n) is 5.89. The summed E-state index contributed by atoms with van der Waals surface area (Å²) in [6, 6.07) is 1.61. The van der Waals surface area contributed by atoms with E-state index in [1.807, 2.05) is 0 Å². The third-order valence-electron chi connectivity index (χ3n) is 2.82. The Morgan fingerprint density at radius 1 is 1.29 bits per heavy atom. The lowest BCUT2D eigenvalue weighted by Gasteiger charge is -2.14. The van der Waals surface area contributed by atoms with Gasteiger partial charge in [-0.25, -0.2) is 8.78 Å². The Bertz CT molecular complexity index is 692. The van der Waals surface area contributed by atoms with Gasteiger partial charge in [0.25, 0.3) is 11.8 Å². The number of hydrogen-bond acceptors (Lipinski definition) is 4. The third-order valence-corrected chi connectivity index (χ3v) is 2.82. The maximum atomic E-state index is 13.2. The van der Waals surface area contributed by atoms with Crippen molar-refractivity contribution in [1.29, 1.82) is 0 Å². The van der Waals surface area contributed by atoms with Gasteiger partial charge in [0.05, 0.1) is 24.4 Å². The highest BCUT2D eigenvalue weighted by atomic mass is 19.2. The van der Waals surface area contributed by atoms with Crippen LogP contribution in [-0.4, -0.2) is 35.0 Å². The molecule has 0 saturated carbocycles. The molecular weight excluding hydrogens is 282 g/mol. The van der Waals surface area contributed by atoms with Gasteiger partial charge < -0.3 is 10.4 Å². The van der Waals surface area contributed by atoms with E-state index in [-0.39, 0.29) is 30.1 Å². The number of nitrogens with zero attached hydrogens (tertiary/aromatic N) is 1. The fourth-order valence-electron chi connectivity index (χ4n) is 1.82. The van der Waals surface area contributed by atoms with Crippen molar-refractivity contribution in [3.8, 4) is 12.3 Å². The topological polar surface area (TPSA) is 69.6 Å². The number of carbonyl (C=O) groups is 2. The van der Waals surface area contributed by atoms with Crippen LogP contribution in [0.1, 0.15) is 5.56 Å². The molecule has 0 atom stereocenters. The van der Waals surface area contributed by atoms with E-state index in [9.17, 15) is 18.4 Å². The van der Waals surface area contributed by atoms with Crippen molar-refractivity contribution in [3.63, 3.8) is 0 Å². The van der Waals surface area contributed by atoms with E-state index in [0.29, 0.717) is 0 Å². The highest BCUT2D eigenvalue weighted by Gasteiger charge is 2.31. The molecule has 0 bridgehead atoms. The van der Waals surface area contributed by atoms with Crippen LogP contribution in [-0.2, 0) is 9.59 Å². The number of amides is 2. The number of nitrogens with one attached hydrogen (secondary N) is 1. The zero-order valence-corrected chi connectivity index (χ0v) is 10.7. The number of carbonyl (C=O) groups excluding carboxylic acids is 2. The quantitative estimate of drug-likeness (QED) is 0.630. The number of β-amino-alcohol motifs (C(OH)–C–C–N with tert-alkyl or cyclic N) is 1. The van der Waals surface area contributed by atoms with Crippen molar-refractivity contribution < 1.29 is 23.5 Å². The summed E-state index contributed by atoms with van der Waals surface area (Å²) in [5, 5.41) is 11.3. The number of hydrogen-bond donors (Lipinski definition) is 2. The average Bonchev–Trinajstić information content (AvgIpc) is 2.70. The second-order valence-electron chi connectivity index (χ2n) is 4.16. The van der Waals surface area contributed by atoms with Gasteiger partial charge in [0.2, 0.25) is 0 Å². The molecule has 0 unspecified atom stereocenters. The predicted molar refractivity (Wildman–Crippen MR) is 69.8 cm³/mol. The van der Waals surface area contributed by atoms with Crippen LogP contribution in [0.2, 0.25) is 0 Å². The summed E-state index contributed by atoms with van der Waals surface area (Å²) in [4.78, 5) is 24.3. The van der Waals surface area contributed by atoms with Crippen molar-refractivity contribution >= 4 is 17.5 Å². The Balaban J connectivity index is 2.30. The van der Waals surface area contributed by atoms with Crippen molar-refractivity contribution in [3.05, 3.63) is 41.1 Å². The monoisotopic (exact) mass is 292 g/mol. The summed E-state index contributed by atoms with van der Waals surface area (Å²) in [7, 11) is 0. The van der Waals surface area contributed by atoms with E-state index in [0.717, 1.165) is 23.1 Å². The molecule has 2 N–H and O–H groups in total. The molecule has 108 valence electrons. The van der Waals surface area contributed by atoms with Crippen LogP contribution in [0.15, 0.2) is 23.9 Å². The lowest BCUT2D eigenvalue weighted by molar-refractivity contribution is -0.137. The van der Waals surface area contributed by atoms with Crippen LogP contribution in [0.5, 0.6) is 0 Å². The van der Waals surface area contributed by atoms with Gasteiger partial charge in [0, 0.05) is 12.1 Å². The fraction of sp³-hybridized carbons (Fsp3) is 0.143. The van der Waals surface area contributed by atoms with Crippen LogP contribution >= 0.6 is 0 Å². The van der Waals surface area contributed by atoms with E-state index in [2.05, 4.69) is 11.2 Å². The van der Waals surface area contributed by atoms with Crippen LogP contribution in [0.25, 0.3) is 0 Å². The van der Waals surface area contributed by atoms with E-state index in [1.54, 1.807) is 0 Å². The molecule has 0 aliphatic carbocycles. The molecule has 0 aromatic heterocycles. The van der Waals surface area contributed by atoms with E-state index < -0.39 is 23.4 Å². The molecule has 0 fully saturated rings. The van der Waals surface area contributed by atoms with Gasteiger partial charge in [0.1, 0.15) is 5.70 Å². The number of anilines is 1. The Kier molecular flexibility index (Phi) is 4.00. The molecule has 0 radical (unpaired) electrons. The molecule has 0 saturated heterocycles. The van der Waals surface area contributed by atoms with Gasteiger partial charge in [-0.15, -0.1) is 6.42 Å². The zero-order chi connectivity index (χ0) is 15.6. The number of rotatable bonds is 4. The third kappa shape index (κ3) is 2.75. The SMILES string of the molecule is C#Cc1cc(F)c(F)cc1NC1=CC(=O)N(CCO)C1=O. The van der Waals surface area contributed by atoms with Gasteiger partial charge in [0.15, 0.2) is 11.6 Å². The Morgan fingerprint density at radius 3 is 2.57 bits per heavy atom. The van der Waals surface area contributed by atoms with E-state index in [1.165, 1.54) is 0 Å². The van der Waals surface area contributed by atoms with Crippen molar-refractivity contribution in [2.75, 3.05) is 18.5 Å². The van der Waals surface area contributed by atoms with Crippen molar-refractivity contribution in [2.45, 2.75) is 0 Å². The maximum absolute atomic E-state index is 13.2. The zero-order valence-electron chi connectivity index (χ0n) is 10.7. The summed E-state index contributed by atoms with van der Waals surface area (Å²) >= 11 is 0. The normalized spacial score (nSPS) is 14.2. The second kappa shape index (κ2) is 5.73. The molecule has 5 nitrogen and oxygen atoms in total. The second-order valence-corrected chi connectivity index (χ2v) is 4.16. The van der Waals surface area contributed by atoms with Crippen LogP contribution < -0.4 is 5.32 Å². The molecule has 21 heavy (non-hydrogen) atoms. The molecule has 1 aromatic carbocycles.